The summed E-state index contributed by atoms with van der Waals surface area (Å²) in [5, 5.41) is 9.17. The van der Waals surface area contributed by atoms with Crippen molar-refractivity contribution in [2.75, 3.05) is 0 Å². The Labute approximate surface area is 85.4 Å². The van der Waals surface area contributed by atoms with Gasteiger partial charge in [0.25, 0.3) is 5.09 Å². The van der Waals surface area contributed by atoms with E-state index in [1.807, 2.05) is 0 Å². The predicted molar refractivity (Wildman–Crippen MR) is 52.1 cm³/mol. The molecule has 5 nitrogen and oxygen atoms in total. The Kier molecular flexibility index (Phi) is 3.38. The van der Waals surface area contributed by atoms with Gasteiger partial charge in [-0.05, 0) is 12.1 Å². The highest BCUT2D eigenvalue weighted by Gasteiger charge is 2.10. The molecular formula is C10H7NO4. The molecule has 0 bridgehead atoms. The van der Waals surface area contributed by atoms with Gasteiger partial charge in [0.2, 0.25) is 0 Å². The molecule has 0 saturated carbocycles. The van der Waals surface area contributed by atoms with Crippen molar-refractivity contribution in [3.8, 4) is 5.75 Å². The molecule has 1 aromatic rings. The highest BCUT2D eigenvalue weighted by molar-refractivity contribution is 6.06. The Morgan fingerprint density at radius 1 is 1.53 bits per heavy atom. The summed E-state index contributed by atoms with van der Waals surface area (Å²) in [5.41, 5.74) is 2.40. The van der Waals surface area contributed by atoms with Crippen molar-refractivity contribution in [2.24, 2.45) is 0 Å². The zero-order valence-electron chi connectivity index (χ0n) is 7.67. The normalized spacial score (nSPS) is 8.80. The number of hydrogen-bond donors (Lipinski definition) is 0. The molecule has 0 aromatic heterocycles. The van der Waals surface area contributed by atoms with Crippen LogP contribution < -0.4 is 4.84 Å². The SMILES string of the molecule is C=C=CC(=O)c1ccccc1O[N+](=O)[O-]. The van der Waals surface area contributed by atoms with Crippen LogP contribution in [0, 0.1) is 10.1 Å². The van der Waals surface area contributed by atoms with Crippen molar-refractivity contribution in [1.29, 1.82) is 0 Å². The maximum absolute atomic E-state index is 11.4. The predicted octanol–water partition coefficient (Wildman–Crippen LogP) is 1.78. The summed E-state index contributed by atoms with van der Waals surface area (Å²) in [5.74, 6) is -0.540. The van der Waals surface area contributed by atoms with E-state index in [-0.39, 0.29) is 11.3 Å². The van der Waals surface area contributed by atoms with Crippen molar-refractivity contribution in [2.45, 2.75) is 0 Å². The molecule has 5 heteroatoms. The molecule has 0 unspecified atom stereocenters. The molecule has 0 amide bonds. The van der Waals surface area contributed by atoms with Crippen molar-refractivity contribution < 1.29 is 14.7 Å². The van der Waals surface area contributed by atoms with Gasteiger partial charge in [-0.1, -0.05) is 18.7 Å². The molecule has 0 N–H and O–H groups in total. The number of hydrogen-bond acceptors (Lipinski definition) is 4. The third-order valence-electron chi connectivity index (χ3n) is 1.56. The number of ketones is 1. The van der Waals surface area contributed by atoms with Crippen molar-refractivity contribution in [3.05, 3.63) is 58.3 Å². The van der Waals surface area contributed by atoms with Gasteiger partial charge in [0.15, 0.2) is 5.78 Å². The molecule has 0 heterocycles. The van der Waals surface area contributed by atoms with E-state index in [1.54, 1.807) is 6.07 Å². The Bertz CT molecular complexity index is 446. The van der Waals surface area contributed by atoms with Crippen LogP contribution in [0.3, 0.4) is 0 Å². The van der Waals surface area contributed by atoms with E-state index in [2.05, 4.69) is 17.1 Å². The lowest BCUT2D eigenvalue weighted by Crippen LogP contribution is -2.07. The highest BCUT2D eigenvalue weighted by Crippen LogP contribution is 2.18. The topological polar surface area (TPSA) is 69.4 Å². The molecule has 15 heavy (non-hydrogen) atoms. The number of nitrogens with zero attached hydrogens (tertiary/aromatic N) is 1. The molecule has 0 aliphatic rings. The summed E-state index contributed by atoms with van der Waals surface area (Å²) in [4.78, 5) is 25.8. The van der Waals surface area contributed by atoms with E-state index < -0.39 is 10.9 Å². The van der Waals surface area contributed by atoms with Gasteiger partial charge in [0, 0.05) is 6.08 Å². The van der Waals surface area contributed by atoms with Crippen LogP contribution in [0.15, 0.2) is 42.7 Å². The van der Waals surface area contributed by atoms with Gasteiger partial charge in [-0.25, -0.2) is 0 Å². The van der Waals surface area contributed by atoms with E-state index in [0.29, 0.717) is 0 Å². The van der Waals surface area contributed by atoms with E-state index in [0.717, 1.165) is 6.08 Å². The molecule has 0 fully saturated rings. The van der Waals surface area contributed by atoms with Crippen LogP contribution in [0.4, 0.5) is 0 Å². The molecule has 0 spiro atoms. The Morgan fingerprint density at radius 2 is 2.20 bits per heavy atom. The first kappa shape index (κ1) is 10.7. The van der Waals surface area contributed by atoms with Gasteiger partial charge in [-0.3, -0.25) is 9.63 Å². The third-order valence-corrected chi connectivity index (χ3v) is 1.56. The van der Waals surface area contributed by atoms with E-state index >= 15 is 0 Å². The van der Waals surface area contributed by atoms with Crippen LogP contribution in [0.2, 0.25) is 0 Å². The quantitative estimate of drug-likeness (QED) is 0.247. The molecular weight excluding hydrogens is 198 g/mol. The fourth-order valence-electron chi connectivity index (χ4n) is 1.00. The Hall–Kier alpha value is -2.39. The van der Waals surface area contributed by atoms with Crippen LogP contribution >= 0.6 is 0 Å². The zero-order valence-corrected chi connectivity index (χ0v) is 7.67. The average molecular weight is 205 g/mol. The van der Waals surface area contributed by atoms with Gasteiger partial charge >= 0.3 is 0 Å². The third kappa shape index (κ3) is 2.79. The van der Waals surface area contributed by atoms with Gasteiger partial charge in [0.1, 0.15) is 5.75 Å². The second kappa shape index (κ2) is 4.74. The number of carbonyl (C=O) groups excluding carboxylic acids is 1. The summed E-state index contributed by atoms with van der Waals surface area (Å²) in [6, 6.07) is 5.88. The van der Waals surface area contributed by atoms with Crippen LogP contribution in [0.25, 0.3) is 0 Å². The van der Waals surface area contributed by atoms with E-state index in [1.165, 1.54) is 18.2 Å². The fraction of sp³-hybridized carbons (Fsp3) is 0. The number of rotatable bonds is 4. The Morgan fingerprint density at radius 3 is 2.80 bits per heavy atom. The smallest absolute Gasteiger partial charge is 0.289 e. The van der Waals surface area contributed by atoms with Crippen LogP contribution in [-0.2, 0) is 0 Å². The molecule has 0 aliphatic carbocycles. The molecule has 0 aliphatic heterocycles. The minimum atomic E-state index is -0.969. The summed E-state index contributed by atoms with van der Waals surface area (Å²) >= 11 is 0. The maximum Gasteiger partial charge on any atom is 0.299 e. The summed E-state index contributed by atoms with van der Waals surface area (Å²) in [7, 11) is 0. The first-order valence-electron chi connectivity index (χ1n) is 3.96. The van der Waals surface area contributed by atoms with Gasteiger partial charge in [-0.2, -0.15) is 0 Å². The first-order chi connectivity index (χ1) is 7.15. The largest absolute Gasteiger partial charge is 0.299 e. The van der Waals surface area contributed by atoms with E-state index in [4.69, 9.17) is 0 Å². The lowest BCUT2D eigenvalue weighted by Gasteiger charge is -2.02. The molecule has 0 atom stereocenters. The molecule has 0 saturated heterocycles. The van der Waals surface area contributed by atoms with Crippen molar-refractivity contribution in [3.63, 3.8) is 0 Å². The minimum Gasteiger partial charge on any atom is -0.289 e. The van der Waals surface area contributed by atoms with Crippen molar-refractivity contribution >= 4 is 5.78 Å². The van der Waals surface area contributed by atoms with Crippen LogP contribution in [0.1, 0.15) is 10.4 Å². The van der Waals surface area contributed by atoms with Crippen LogP contribution in [-0.4, -0.2) is 10.9 Å². The lowest BCUT2D eigenvalue weighted by molar-refractivity contribution is -0.711. The first-order valence-corrected chi connectivity index (χ1v) is 3.96. The fourth-order valence-corrected chi connectivity index (χ4v) is 1.00. The standard InChI is InChI=1S/C10H7NO4/c1-2-5-9(12)8-6-3-4-7-10(8)15-11(13)14/h3-7H,1H2. The van der Waals surface area contributed by atoms with E-state index in [9.17, 15) is 14.9 Å². The molecule has 76 valence electrons. The average Bonchev–Trinajstić information content (AvgIpc) is 2.18. The van der Waals surface area contributed by atoms with Crippen molar-refractivity contribution in [1.82, 2.24) is 0 Å². The van der Waals surface area contributed by atoms with Gasteiger partial charge in [0.05, 0.1) is 5.56 Å². The zero-order chi connectivity index (χ0) is 11.3. The Balaban J connectivity index is 3.11. The number of para-hydroxylation sites is 1. The highest BCUT2D eigenvalue weighted by atomic mass is 17.0. The second-order valence-electron chi connectivity index (χ2n) is 2.52. The van der Waals surface area contributed by atoms with Gasteiger partial charge < -0.3 is 0 Å². The number of carbonyl (C=O) groups is 1. The summed E-state index contributed by atoms with van der Waals surface area (Å²) in [6.45, 7) is 3.24. The molecule has 1 rings (SSSR count). The number of allylic oxidation sites excluding steroid dienone is 1. The molecule has 1 aromatic carbocycles. The van der Waals surface area contributed by atoms with Crippen LogP contribution in [0.5, 0.6) is 5.75 Å². The monoisotopic (exact) mass is 205 g/mol. The lowest BCUT2D eigenvalue weighted by atomic mass is 10.1. The number of benzene rings is 1. The summed E-state index contributed by atoms with van der Waals surface area (Å²) in [6.07, 6.45) is 1.09. The van der Waals surface area contributed by atoms with Gasteiger partial charge in [-0.15, -0.1) is 15.8 Å². The minimum absolute atomic E-state index is 0.0981. The maximum atomic E-state index is 11.4. The second-order valence-corrected chi connectivity index (χ2v) is 2.52. The molecule has 0 radical (unpaired) electrons. The summed E-state index contributed by atoms with van der Waals surface area (Å²) < 4.78 is 0.